The van der Waals surface area contributed by atoms with Gasteiger partial charge in [0.05, 0.1) is 18.5 Å². The Morgan fingerprint density at radius 2 is 2.06 bits per heavy atom. The number of nitriles is 1. The van der Waals surface area contributed by atoms with Crippen molar-refractivity contribution < 1.29 is 14.3 Å². The van der Waals surface area contributed by atoms with Crippen LogP contribution in [0.5, 0.6) is 5.88 Å². The number of carbonyl (C=O) groups excluding carboxylic acids is 1. The number of nitrogens with zero attached hydrogens (tertiary/aromatic N) is 4. The Balaban J connectivity index is 1.69. The number of ether oxygens (including phenoxy) is 2. The number of rotatable bonds is 8. The molecule has 2 aromatic heterocycles. The Kier molecular flexibility index (Phi) is 9.04. The van der Waals surface area contributed by atoms with E-state index in [1.165, 1.54) is 16.2 Å². The maximum atomic E-state index is 12.3. The number of hydrogen-bond acceptors (Lipinski definition) is 6. The van der Waals surface area contributed by atoms with Gasteiger partial charge in [0.1, 0.15) is 11.6 Å². The van der Waals surface area contributed by atoms with Gasteiger partial charge < -0.3 is 14.0 Å². The monoisotopic (exact) mass is 649 g/mol. The maximum absolute atomic E-state index is 12.3. The molecule has 1 amide bonds. The number of benzene rings is 1. The molecular weight excluding hydrogens is 625 g/mol. The molecule has 0 saturated heterocycles. The Hall–Kier alpha value is -2.75. The number of halogens is 2. The fourth-order valence-electron chi connectivity index (χ4n) is 3.64. The van der Waals surface area contributed by atoms with Crippen molar-refractivity contribution in [3.63, 3.8) is 0 Å². The van der Waals surface area contributed by atoms with Crippen LogP contribution in [0.1, 0.15) is 39.3 Å². The van der Waals surface area contributed by atoms with Crippen LogP contribution in [0.4, 0.5) is 0 Å². The largest absolute Gasteiger partial charge is 0.467 e. The highest BCUT2D eigenvalue weighted by Gasteiger charge is 2.18. The minimum Gasteiger partial charge on any atom is -0.467 e. The summed E-state index contributed by atoms with van der Waals surface area (Å²) < 4.78 is 14.8. The number of aryl methyl sites for hydroxylation is 3. The van der Waals surface area contributed by atoms with Gasteiger partial charge in [-0.05, 0) is 96.0 Å². The van der Waals surface area contributed by atoms with E-state index in [2.05, 4.69) is 89.8 Å². The lowest BCUT2D eigenvalue weighted by Gasteiger charge is -2.13. The molecule has 0 aliphatic heterocycles. The number of carbonyl (C=O) groups is 1. The van der Waals surface area contributed by atoms with Crippen molar-refractivity contribution >= 4 is 50.6 Å². The summed E-state index contributed by atoms with van der Waals surface area (Å²) >= 11 is 5.75. The minimum absolute atomic E-state index is 0.0794. The molecule has 0 aliphatic carbocycles. The standard InChI is InChI=1S/C25H25BrIN5O3/c1-14-8-19(6-7-22(14)27)32-15(2)9-18(17(32)4)11-29-31-23(33)13-35-25-20(10-28)21(12-34-5)24(26)16(3)30-25/h6-9,11H,12-13H2,1-5H3,(H,31,33)/b29-11+. The lowest BCUT2D eigenvalue weighted by molar-refractivity contribution is -0.123. The third-order valence-electron chi connectivity index (χ3n) is 5.37. The summed E-state index contributed by atoms with van der Waals surface area (Å²) in [7, 11) is 1.54. The van der Waals surface area contributed by atoms with Crippen molar-refractivity contribution in [1.29, 1.82) is 5.26 Å². The lowest BCUT2D eigenvalue weighted by Crippen LogP contribution is -2.25. The molecule has 10 heteroatoms. The fourth-order valence-corrected chi connectivity index (χ4v) is 4.37. The van der Waals surface area contributed by atoms with E-state index in [0.717, 1.165) is 22.6 Å². The predicted octanol–water partition coefficient (Wildman–Crippen LogP) is 5.02. The second-order valence-corrected chi connectivity index (χ2v) is 9.85. The molecule has 0 spiro atoms. The van der Waals surface area contributed by atoms with E-state index in [1.54, 1.807) is 13.1 Å². The van der Waals surface area contributed by atoms with Crippen molar-refractivity contribution in [3.8, 4) is 17.6 Å². The highest BCUT2D eigenvalue weighted by atomic mass is 127. The Morgan fingerprint density at radius 1 is 1.31 bits per heavy atom. The summed E-state index contributed by atoms with van der Waals surface area (Å²) in [5.74, 6) is -0.390. The zero-order valence-electron chi connectivity index (χ0n) is 20.1. The lowest BCUT2D eigenvalue weighted by atomic mass is 10.1. The van der Waals surface area contributed by atoms with Crippen molar-refractivity contribution in [2.24, 2.45) is 5.10 Å². The molecule has 8 nitrogen and oxygen atoms in total. The Bertz CT molecular complexity index is 1340. The number of pyridine rings is 1. The number of amides is 1. The van der Waals surface area contributed by atoms with Crippen LogP contribution in [0.3, 0.4) is 0 Å². The van der Waals surface area contributed by atoms with Gasteiger partial charge in [0, 0.05) is 43.4 Å². The molecule has 3 rings (SSSR count). The zero-order chi connectivity index (χ0) is 25.7. The molecule has 1 N–H and O–H groups in total. The van der Waals surface area contributed by atoms with Crippen LogP contribution >= 0.6 is 38.5 Å². The smallest absolute Gasteiger partial charge is 0.278 e. The highest BCUT2D eigenvalue weighted by molar-refractivity contribution is 14.1. The van der Waals surface area contributed by atoms with Gasteiger partial charge in [0.25, 0.3) is 5.91 Å². The first-order valence-corrected chi connectivity index (χ1v) is 12.5. The summed E-state index contributed by atoms with van der Waals surface area (Å²) in [5.41, 5.74) is 9.19. The normalized spacial score (nSPS) is 11.0. The van der Waals surface area contributed by atoms with Crippen molar-refractivity contribution in [1.82, 2.24) is 15.0 Å². The maximum Gasteiger partial charge on any atom is 0.278 e. The number of hydrogen-bond donors (Lipinski definition) is 1. The van der Waals surface area contributed by atoms with Crippen LogP contribution in [0.25, 0.3) is 5.69 Å². The van der Waals surface area contributed by atoms with Gasteiger partial charge in [0.2, 0.25) is 5.88 Å². The SMILES string of the molecule is COCc1c(Br)c(C)nc(OCC(=O)N/N=C/c2cc(C)n(-c3ccc(I)c(C)c3)c2C)c1C#N. The summed E-state index contributed by atoms with van der Waals surface area (Å²) in [5, 5.41) is 13.6. The number of methoxy groups -OCH3 is 1. The minimum atomic E-state index is -0.470. The van der Waals surface area contributed by atoms with Gasteiger partial charge in [-0.3, -0.25) is 4.79 Å². The summed E-state index contributed by atoms with van der Waals surface area (Å²) in [4.78, 5) is 16.6. The van der Waals surface area contributed by atoms with Crippen molar-refractivity contribution in [2.45, 2.75) is 34.3 Å². The molecule has 0 bridgehead atoms. The van der Waals surface area contributed by atoms with Crippen LogP contribution < -0.4 is 10.2 Å². The molecule has 0 fully saturated rings. The predicted molar refractivity (Wildman–Crippen MR) is 146 cm³/mol. The molecule has 0 aliphatic rings. The molecule has 3 aromatic rings. The number of hydrazone groups is 1. The highest BCUT2D eigenvalue weighted by Crippen LogP contribution is 2.30. The molecular formula is C25H25BrIN5O3. The average molecular weight is 650 g/mol. The fraction of sp³-hybridized carbons (Fsp3) is 0.280. The average Bonchev–Trinajstić information content (AvgIpc) is 3.10. The second-order valence-electron chi connectivity index (χ2n) is 7.89. The van der Waals surface area contributed by atoms with Crippen LogP contribution in [0.15, 0.2) is 33.8 Å². The van der Waals surface area contributed by atoms with E-state index in [0.29, 0.717) is 15.7 Å². The van der Waals surface area contributed by atoms with E-state index in [1.807, 2.05) is 19.9 Å². The van der Waals surface area contributed by atoms with Crippen molar-refractivity contribution in [2.75, 3.05) is 13.7 Å². The van der Waals surface area contributed by atoms with Gasteiger partial charge in [-0.2, -0.15) is 10.4 Å². The number of nitrogens with one attached hydrogen (secondary N) is 1. The summed E-state index contributed by atoms with van der Waals surface area (Å²) in [6, 6.07) is 10.4. The van der Waals surface area contributed by atoms with Crippen LogP contribution in [-0.4, -0.2) is 35.4 Å². The molecule has 0 atom stereocenters. The first-order valence-electron chi connectivity index (χ1n) is 10.7. The quantitative estimate of drug-likeness (QED) is 0.210. The summed E-state index contributed by atoms with van der Waals surface area (Å²) in [6.07, 6.45) is 1.61. The van der Waals surface area contributed by atoms with E-state index in [-0.39, 0.29) is 24.7 Å². The van der Waals surface area contributed by atoms with Crippen molar-refractivity contribution in [3.05, 3.63) is 71.6 Å². The molecule has 0 unspecified atom stereocenters. The first-order chi connectivity index (χ1) is 16.7. The molecule has 0 saturated carbocycles. The van der Waals surface area contributed by atoms with E-state index in [4.69, 9.17) is 9.47 Å². The van der Waals surface area contributed by atoms with Gasteiger partial charge in [-0.1, -0.05) is 0 Å². The summed E-state index contributed by atoms with van der Waals surface area (Å²) in [6.45, 7) is 7.77. The number of aromatic nitrogens is 2. The van der Waals surface area contributed by atoms with Crippen LogP contribution in [0, 0.1) is 42.6 Å². The van der Waals surface area contributed by atoms with Gasteiger partial charge >= 0.3 is 0 Å². The third-order valence-corrected chi connectivity index (χ3v) is 7.63. The second kappa shape index (κ2) is 11.8. The molecule has 182 valence electrons. The van der Waals surface area contributed by atoms with E-state index >= 15 is 0 Å². The molecule has 2 heterocycles. The van der Waals surface area contributed by atoms with Crippen LogP contribution in [0.2, 0.25) is 0 Å². The van der Waals surface area contributed by atoms with Gasteiger partial charge in [0.15, 0.2) is 6.61 Å². The topological polar surface area (TPSA) is 102 Å². The molecule has 0 radical (unpaired) electrons. The molecule has 35 heavy (non-hydrogen) atoms. The van der Waals surface area contributed by atoms with E-state index in [9.17, 15) is 10.1 Å². The third kappa shape index (κ3) is 6.09. The van der Waals surface area contributed by atoms with Gasteiger partial charge in [-0.25, -0.2) is 10.4 Å². The Morgan fingerprint density at radius 3 is 2.71 bits per heavy atom. The zero-order valence-corrected chi connectivity index (χ0v) is 23.8. The van der Waals surface area contributed by atoms with Gasteiger partial charge in [-0.15, -0.1) is 0 Å². The van der Waals surface area contributed by atoms with E-state index < -0.39 is 5.91 Å². The molecule has 1 aromatic carbocycles. The first kappa shape index (κ1) is 26.8. The Labute approximate surface area is 226 Å². The van der Waals surface area contributed by atoms with Crippen LogP contribution in [-0.2, 0) is 16.1 Å².